The highest BCUT2D eigenvalue weighted by Crippen LogP contribution is 2.24. The van der Waals surface area contributed by atoms with E-state index in [1.54, 1.807) is 12.3 Å². The van der Waals surface area contributed by atoms with Gasteiger partial charge in [0.05, 0.1) is 12.7 Å². The van der Waals surface area contributed by atoms with Crippen LogP contribution in [0.25, 0.3) is 0 Å². The first-order chi connectivity index (χ1) is 13.5. The summed E-state index contributed by atoms with van der Waals surface area (Å²) in [5, 5.41) is 21.6. The van der Waals surface area contributed by atoms with Crippen molar-refractivity contribution in [2.45, 2.75) is 45.6 Å². The first-order valence-electron chi connectivity index (χ1n) is 9.35. The fourth-order valence-electron chi connectivity index (χ4n) is 3.27. The zero-order valence-corrected chi connectivity index (χ0v) is 16.5. The molecule has 28 heavy (non-hydrogen) atoms. The summed E-state index contributed by atoms with van der Waals surface area (Å²) in [7, 11) is -0.960. The van der Waals surface area contributed by atoms with Gasteiger partial charge in [0.2, 0.25) is 5.95 Å². The average Bonchev–Trinajstić information content (AvgIpc) is 3.07. The Hall–Kier alpha value is -2.34. The molecule has 0 unspecified atom stereocenters. The lowest BCUT2D eigenvalue weighted by Gasteiger charge is -2.13. The molecule has 2 heterocycles. The number of halogens is 1. The Morgan fingerprint density at radius 3 is 2.75 bits per heavy atom. The van der Waals surface area contributed by atoms with Crippen LogP contribution in [-0.2, 0) is 11.3 Å². The van der Waals surface area contributed by atoms with E-state index < -0.39 is 7.12 Å². The molecule has 146 valence electrons. The monoisotopic (exact) mass is 399 g/mol. The smallest absolute Gasteiger partial charge is 0.423 e. The van der Waals surface area contributed by atoms with Gasteiger partial charge in [-0.15, -0.1) is 0 Å². The van der Waals surface area contributed by atoms with Crippen LogP contribution in [0, 0.1) is 24.2 Å². The Labute approximate surface area is 170 Å². The molecular weight excluding hydrogens is 377 g/mol. The Balaban J connectivity index is 0.000000236. The van der Waals surface area contributed by atoms with Gasteiger partial charge in [0.15, 0.2) is 0 Å². The maximum absolute atomic E-state index is 9.64. The number of anilines is 3. The molecule has 1 fully saturated rings. The molecule has 2 aromatic rings. The lowest BCUT2D eigenvalue weighted by molar-refractivity contribution is 0.275. The molecule has 9 heteroatoms. The highest BCUT2D eigenvalue weighted by atomic mass is 35.5. The molecule has 4 rings (SSSR count). The molecule has 0 radical (unpaired) electrons. The fraction of sp³-hybridized carbons (Fsp3) is 0.421. The number of nitrogens with two attached hydrogens (primary N) is 1. The van der Waals surface area contributed by atoms with Crippen LogP contribution in [-0.4, -0.2) is 22.1 Å². The number of nitrogens with zero attached hydrogens (tertiary/aromatic N) is 3. The van der Waals surface area contributed by atoms with Gasteiger partial charge in [-0.05, 0) is 37.5 Å². The summed E-state index contributed by atoms with van der Waals surface area (Å²) in [5.41, 5.74) is 8.73. The quantitative estimate of drug-likeness (QED) is 0.664. The molecule has 0 bridgehead atoms. The van der Waals surface area contributed by atoms with E-state index in [2.05, 4.69) is 21.4 Å². The van der Waals surface area contributed by atoms with Crippen LogP contribution >= 0.6 is 11.6 Å². The van der Waals surface area contributed by atoms with Crippen molar-refractivity contribution in [3.63, 3.8) is 0 Å². The fourth-order valence-corrected chi connectivity index (χ4v) is 3.60. The predicted octanol–water partition coefficient (Wildman–Crippen LogP) is 3.07. The number of rotatable bonds is 2. The topological polar surface area (TPSA) is 117 Å². The van der Waals surface area contributed by atoms with Gasteiger partial charge in [0, 0.05) is 33.9 Å². The van der Waals surface area contributed by atoms with Crippen LogP contribution < -0.4 is 16.5 Å². The normalized spacial score (nSPS) is 16.0. The third-order valence-corrected chi connectivity index (χ3v) is 5.23. The molecule has 1 saturated carbocycles. The van der Waals surface area contributed by atoms with Crippen molar-refractivity contribution in [2.24, 2.45) is 5.92 Å². The summed E-state index contributed by atoms with van der Waals surface area (Å²) in [6.45, 7) is 2.16. The van der Waals surface area contributed by atoms with E-state index in [0.717, 1.165) is 29.7 Å². The molecular formula is C19H23BClN5O2. The number of nitriles is 1. The highest BCUT2D eigenvalue weighted by Gasteiger charge is 2.30. The van der Waals surface area contributed by atoms with Gasteiger partial charge < -0.3 is 20.7 Å². The average molecular weight is 400 g/mol. The molecule has 0 saturated heterocycles. The summed E-state index contributed by atoms with van der Waals surface area (Å²) in [6.07, 6.45) is 7.84. The molecule has 1 aliphatic carbocycles. The third-order valence-electron chi connectivity index (χ3n) is 4.91. The van der Waals surface area contributed by atoms with E-state index in [1.165, 1.54) is 19.3 Å². The SMILES string of the molecule is Cc1cnc(Nc2cc(Cl)c3c(c2)COB3O)nc1N.N#CC1CCCCC1. The first-order valence-corrected chi connectivity index (χ1v) is 9.73. The molecule has 1 aromatic heterocycles. The van der Waals surface area contributed by atoms with Gasteiger partial charge in [-0.25, -0.2) is 4.98 Å². The van der Waals surface area contributed by atoms with Crippen molar-refractivity contribution >= 4 is 41.6 Å². The van der Waals surface area contributed by atoms with E-state index >= 15 is 0 Å². The van der Waals surface area contributed by atoms with Gasteiger partial charge in [-0.3, -0.25) is 0 Å². The van der Waals surface area contributed by atoms with Crippen LogP contribution in [0.1, 0.15) is 43.2 Å². The predicted molar refractivity (Wildman–Crippen MR) is 110 cm³/mol. The number of hydrogen-bond acceptors (Lipinski definition) is 7. The standard InChI is InChI=1S/C12H12BClN4O2.C7H11N/c1-6-4-16-12(18-11(6)15)17-8-2-7-5-20-13(19)10(7)9(14)3-8;8-6-7-4-2-1-3-5-7/h2-4,19H,5H2,1H3,(H3,15,16,17,18);7H,1-5H2. The summed E-state index contributed by atoms with van der Waals surface area (Å²) < 4.78 is 5.14. The maximum Gasteiger partial charge on any atom is 0.493 e. The molecule has 0 atom stereocenters. The third kappa shape index (κ3) is 4.93. The van der Waals surface area contributed by atoms with E-state index in [-0.39, 0.29) is 0 Å². The number of hydrogen-bond donors (Lipinski definition) is 3. The van der Waals surface area contributed by atoms with Crippen molar-refractivity contribution in [1.82, 2.24) is 9.97 Å². The van der Waals surface area contributed by atoms with Crippen LogP contribution in [0.4, 0.5) is 17.5 Å². The lowest BCUT2D eigenvalue weighted by atomic mass is 9.79. The molecule has 2 aliphatic rings. The lowest BCUT2D eigenvalue weighted by Crippen LogP contribution is -2.29. The second-order valence-electron chi connectivity index (χ2n) is 7.05. The largest absolute Gasteiger partial charge is 0.493 e. The van der Waals surface area contributed by atoms with E-state index in [9.17, 15) is 5.02 Å². The van der Waals surface area contributed by atoms with Gasteiger partial charge in [-0.1, -0.05) is 30.9 Å². The second-order valence-corrected chi connectivity index (χ2v) is 7.45. The second kappa shape index (κ2) is 9.24. The molecule has 1 aromatic carbocycles. The minimum absolute atomic E-state index is 0.322. The van der Waals surface area contributed by atoms with Crippen LogP contribution in [0.15, 0.2) is 18.3 Å². The van der Waals surface area contributed by atoms with Crippen LogP contribution in [0.5, 0.6) is 0 Å². The molecule has 4 N–H and O–H groups in total. The number of aromatic nitrogens is 2. The van der Waals surface area contributed by atoms with Gasteiger partial charge in [0.25, 0.3) is 0 Å². The molecule has 0 amide bonds. The molecule has 1 aliphatic heterocycles. The Bertz CT molecular complexity index is 883. The first kappa shape index (κ1) is 20.4. The van der Waals surface area contributed by atoms with Crippen molar-refractivity contribution in [2.75, 3.05) is 11.1 Å². The van der Waals surface area contributed by atoms with Crippen molar-refractivity contribution < 1.29 is 9.68 Å². The number of fused-ring (bicyclic) bond motifs is 1. The number of nitrogens with one attached hydrogen (secondary N) is 1. The van der Waals surface area contributed by atoms with Crippen LogP contribution in [0.3, 0.4) is 0 Å². The Morgan fingerprint density at radius 1 is 1.36 bits per heavy atom. The Morgan fingerprint density at radius 2 is 2.11 bits per heavy atom. The zero-order chi connectivity index (χ0) is 20.1. The summed E-state index contributed by atoms with van der Waals surface area (Å²) in [4.78, 5) is 8.28. The Kier molecular flexibility index (Phi) is 6.73. The van der Waals surface area contributed by atoms with Crippen molar-refractivity contribution in [3.8, 4) is 6.07 Å². The number of nitrogen functional groups attached to an aromatic ring is 1. The highest BCUT2D eigenvalue weighted by molar-refractivity contribution is 6.65. The minimum Gasteiger partial charge on any atom is -0.423 e. The number of benzene rings is 1. The summed E-state index contributed by atoms with van der Waals surface area (Å²) in [6, 6.07) is 5.84. The van der Waals surface area contributed by atoms with E-state index in [0.29, 0.717) is 34.8 Å². The van der Waals surface area contributed by atoms with E-state index in [1.807, 2.05) is 13.0 Å². The summed E-state index contributed by atoms with van der Waals surface area (Å²) >= 11 is 6.15. The zero-order valence-electron chi connectivity index (χ0n) is 15.8. The van der Waals surface area contributed by atoms with Gasteiger partial charge >= 0.3 is 7.12 Å². The minimum atomic E-state index is -0.960. The van der Waals surface area contributed by atoms with Crippen molar-refractivity contribution in [1.29, 1.82) is 5.26 Å². The molecule has 7 nitrogen and oxygen atoms in total. The number of aryl methyl sites for hydroxylation is 1. The van der Waals surface area contributed by atoms with Gasteiger partial charge in [0.1, 0.15) is 5.82 Å². The van der Waals surface area contributed by atoms with Crippen LogP contribution in [0.2, 0.25) is 5.02 Å². The van der Waals surface area contributed by atoms with Gasteiger partial charge in [-0.2, -0.15) is 10.2 Å². The van der Waals surface area contributed by atoms with Crippen molar-refractivity contribution in [3.05, 3.63) is 34.5 Å². The maximum atomic E-state index is 9.64. The van der Waals surface area contributed by atoms with E-state index in [4.69, 9.17) is 27.3 Å². The summed E-state index contributed by atoms with van der Waals surface area (Å²) in [5.74, 6) is 1.21. The molecule has 0 spiro atoms.